The molecule has 4 aromatic rings. The van der Waals surface area contributed by atoms with E-state index in [-0.39, 0.29) is 5.54 Å². The Morgan fingerprint density at radius 3 is 2.64 bits per heavy atom. The Kier molecular flexibility index (Phi) is 8.03. The van der Waals surface area contributed by atoms with Crippen LogP contribution in [0.4, 0.5) is 0 Å². The van der Waals surface area contributed by atoms with Gasteiger partial charge in [0.1, 0.15) is 5.75 Å². The maximum atomic E-state index is 11.2. The lowest BCUT2D eigenvalue weighted by atomic mass is 9.94. The van der Waals surface area contributed by atoms with E-state index in [2.05, 4.69) is 53.4 Å². The fraction of sp³-hybridized carbons (Fsp3) is 0.310. The summed E-state index contributed by atoms with van der Waals surface area (Å²) < 4.78 is 5.75. The van der Waals surface area contributed by atoms with Gasteiger partial charge in [0.15, 0.2) is 0 Å². The number of fused-ring (bicyclic) bond motifs is 1. The first kappa shape index (κ1) is 25.4. The average molecular weight is 487 g/mol. The van der Waals surface area contributed by atoms with Crippen molar-refractivity contribution in [1.29, 1.82) is 0 Å². The monoisotopic (exact) mass is 486 g/mol. The molecule has 1 amide bonds. The number of nitrogens with one attached hydrogen (secondary N) is 2. The first-order chi connectivity index (χ1) is 17.3. The smallest absolute Gasteiger partial charge is 0.250 e. The highest BCUT2D eigenvalue weighted by atomic mass is 16.5. The van der Waals surface area contributed by atoms with Crippen LogP contribution < -0.4 is 15.8 Å². The molecule has 0 saturated heterocycles. The summed E-state index contributed by atoms with van der Waals surface area (Å²) in [5.74, 6) is 0.561. The highest BCUT2D eigenvalue weighted by Crippen LogP contribution is 2.22. The zero-order valence-electron chi connectivity index (χ0n) is 20.8. The third-order valence-electron chi connectivity index (χ3n) is 6.45. The van der Waals surface area contributed by atoms with Crippen LogP contribution in [0.5, 0.6) is 11.6 Å². The molecule has 0 fully saturated rings. The zero-order valence-corrected chi connectivity index (χ0v) is 20.8. The maximum absolute atomic E-state index is 11.2. The Balaban J connectivity index is 1.20. The van der Waals surface area contributed by atoms with Crippen LogP contribution in [0, 0.1) is 0 Å². The normalized spacial score (nSPS) is 12.5. The Morgan fingerprint density at radius 2 is 1.92 bits per heavy atom. The Bertz CT molecular complexity index is 1280. The molecule has 2 aromatic carbocycles. The second-order valence-electron chi connectivity index (χ2n) is 9.81. The van der Waals surface area contributed by atoms with E-state index in [1.165, 1.54) is 22.7 Å². The first-order valence-electron chi connectivity index (χ1n) is 12.3. The van der Waals surface area contributed by atoms with Gasteiger partial charge < -0.3 is 25.9 Å². The van der Waals surface area contributed by atoms with Crippen molar-refractivity contribution in [2.75, 3.05) is 6.54 Å². The fourth-order valence-electron chi connectivity index (χ4n) is 4.16. The van der Waals surface area contributed by atoms with Crippen molar-refractivity contribution in [3.63, 3.8) is 0 Å². The van der Waals surface area contributed by atoms with Gasteiger partial charge in [-0.2, -0.15) is 0 Å². The number of aromatic nitrogens is 2. The molecule has 0 bridgehead atoms. The van der Waals surface area contributed by atoms with Gasteiger partial charge in [0.25, 0.3) is 0 Å². The van der Waals surface area contributed by atoms with Crippen molar-refractivity contribution >= 4 is 16.8 Å². The Labute approximate surface area is 211 Å². The minimum Gasteiger partial charge on any atom is -0.439 e. The third-order valence-corrected chi connectivity index (χ3v) is 6.45. The number of nitrogens with two attached hydrogens (primary N) is 1. The van der Waals surface area contributed by atoms with Crippen LogP contribution in [0.25, 0.3) is 10.9 Å². The fourth-order valence-corrected chi connectivity index (χ4v) is 4.16. The van der Waals surface area contributed by atoms with Crippen LogP contribution in [0.2, 0.25) is 0 Å². The number of hydrogen-bond acceptors (Lipinski definition) is 5. The van der Waals surface area contributed by atoms with Crippen LogP contribution in [0.1, 0.15) is 48.2 Å². The van der Waals surface area contributed by atoms with Crippen molar-refractivity contribution in [3.05, 3.63) is 89.7 Å². The van der Waals surface area contributed by atoms with E-state index in [0.717, 1.165) is 31.2 Å². The number of carbonyl (C=O) groups excluding carboxylic acids is 1. The number of aliphatic hydroxyl groups excluding tert-OH is 1. The van der Waals surface area contributed by atoms with Crippen LogP contribution in [0.15, 0.2) is 73.1 Å². The lowest BCUT2D eigenvalue weighted by Crippen LogP contribution is -2.43. The number of amides is 1. The molecule has 1 atom stereocenters. The molecule has 4 rings (SSSR count). The van der Waals surface area contributed by atoms with E-state index in [1.54, 1.807) is 12.1 Å². The molecule has 188 valence electrons. The molecule has 7 nitrogen and oxygen atoms in total. The van der Waals surface area contributed by atoms with Crippen molar-refractivity contribution in [2.45, 2.75) is 51.2 Å². The van der Waals surface area contributed by atoms with Gasteiger partial charge >= 0.3 is 0 Å². The summed E-state index contributed by atoms with van der Waals surface area (Å²) in [5.41, 5.74) is 9.07. The molecule has 2 aromatic heterocycles. The SMILES string of the molecule is CC(C)(CCc1ccc(Oc2ccc(C(N)=O)cn2)cc1)NCC(O)CCc1cccc2[nH]ccc12. The van der Waals surface area contributed by atoms with Gasteiger partial charge in [-0.05, 0) is 81.0 Å². The number of rotatable bonds is 12. The molecule has 0 radical (unpaired) electrons. The number of primary amides is 1. The predicted octanol–water partition coefficient (Wildman–Crippen LogP) is 4.75. The topological polar surface area (TPSA) is 113 Å². The molecule has 2 heterocycles. The molecule has 36 heavy (non-hydrogen) atoms. The summed E-state index contributed by atoms with van der Waals surface area (Å²) >= 11 is 0. The number of aliphatic hydroxyl groups is 1. The number of β-amino-alcohol motifs (C(OH)–C–C–N with tert-alkyl or cyclic N) is 1. The number of benzene rings is 2. The minimum atomic E-state index is -0.518. The van der Waals surface area contributed by atoms with E-state index in [1.807, 2.05) is 30.5 Å². The van der Waals surface area contributed by atoms with Crippen molar-refractivity contribution < 1.29 is 14.6 Å². The van der Waals surface area contributed by atoms with Crippen molar-refractivity contribution in [3.8, 4) is 11.6 Å². The molecule has 0 aliphatic rings. The van der Waals surface area contributed by atoms with E-state index < -0.39 is 12.0 Å². The molecule has 0 saturated carbocycles. The Hall–Kier alpha value is -3.68. The molecule has 5 N–H and O–H groups in total. The summed E-state index contributed by atoms with van der Waals surface area (Å²) in [4.78, 5) is 18.5. The van der Waals surface area contributed by atoms with Gasteiger partial charge in [-0.1, -0.05) is 24.3 Å². The van der Waals surface area contributed by atoms with E-state index in [9.17, 15) is 9.90 Å². The molecular formula is C29H34N4O3. The van der Waals surface area contributed by atoms with Gasteiger partial charge in [0.2, 0.25) is 11.8 Å². The highest BCUT2D eigenvalue weighted by molar-refractivity contribution is 5.92. The molecule has 0 spiro atoms. The van der Waals surface area contributed by atoms with E-state index in [4.69, 9.17) is 10.5 Å². The van der Waals surface area contributed by atoms with E-state index in [0.29, 0.717) is 23.7 Å². The third kappa shape index (κ3) is 6.93. The first-order valence-corrected chi connectivity index (χ1v) is 12.3. The summed E-state index contributed by atoms with van der Waals surface area (Å²) in [7, 11) is 0. The summed E-state index contributed by atoms with van der Waals surface area (Å²) in [6.07, 6.45) is 6.35. The number of hydrogen-bond donors (Lipinski definition) is 4. The summed E-state index contributed by atoms with van der Waals surface area (Å²) in [6, 6.07) is 19.5. The number of pyridine rings is 1. The largest absolute Gasteiger partial charge is 0.439 e. The standard InChI is InChI=1S/C29H34N4O3/c1-29(2,33-19-23(34)10-8-21-4-3-5-26-25(21)15-17-31-26)16-14-20-6-11-24(12-7-20)36-27-13-9-22(18-32-27)28(30)35/h3-7,9,11-13,15,17-18,23,31,33-34H,8,10,14,16,19H2,1-2H3,(H2,30,35). The molecule has 0 aliphatic carbocycles. The number of aromatic amines is 1. The quantitative estimate of drug-likeness (QED) is 0.231. The molecular weight excluding hydrogens is 452 g/mol. The van der Waals surface area contributed by atoms with Crippen LogP contribution >= 0.6 is 0 Å². The van der Waals surface area contributed by atoms with Crippen molar-refractivity contribution in [1.82, 2.24) is 15.3 Å². The number of ether oxygens (including phenoxy) is 1. The number of H-pyrrole nitrogens is 1. The lowest BCUT2D eigenvalue weighted by Gasteiger charge is -2.28. The number of aryl methyl sites for hydroxylation is 2. The Morgan fingerprint density at radius 1 is 1.11 bits per heavy atom. The minimum absolute atomic E-state index is 0.108. The van der Waals surface area contributed by atoms with Crippen LogP contribution in [0.3, 0.4) is 0 Å². The highest BCUT2D eigenvalue weighted by Gasteiger charge is 2.19. The van der Waals surface area contributed by atoms with Crippen molar-refractivity contribution in [2.24, 2.45) is 5.73 Å². The summed E-state index contributed by atoms with van der Waals surface area (Å²) in [5, 5.41) is 15.3. The number of nitrogens with zero attached hydrogens (tertiary/aromatic N) is 1. The lowest BCUT2D eigenvalue weighted by molar-refractivity contribution is 0.1000. The van der Waals surface area contributed by atoms with Gasteiger partial charge in [-0.3, -0.25) is 4.79 Å². The van der Waals surface area contributed by atoms with Crippen LogP contribution in [-0.2, 0) is 12.8 Å². The average Bonchev–Trinajstić information content (AvgIpc) is 3.36. The summed E-state index contributed by atoms with van der Waals surface area (Å²) in [6.45, 7) is 4.89. The number of carbonyl (C=O) groups is 1. The molecule has 7 heteroatoms. The van der Waals surface area contributed by atoms with Crippen LogP contribution in [-0.4, -0.2) is 39.2 Å². The zero-order chi connectivity index (χ0) is 25.5. The second-order valence-corrected chi connectivity index (χ2v) is 9.81. The van der Waals surface area contributed by atoms with Gasteiger partial charge in [-0.25, -0.2) is 4.98 Å². The molecule has 0 aliphatic heterocycles. The van der Waals surface area contributed by atoms with Gasteiger partial charge in [-0.15, -0.1) is 0 Å². The molecule has 1 unspecified atom stereocenters. The second kappa shape index (κ2) is 11.4. The van der Waals surface area contributed by atoms with Gasteiger partial charge in [0.05, 0.1) is 11.7 Å². The predicted molar refractivity (Wildman–Crippen MR) is 142 cm³/mol. The van der Waals surface area contributed by atoms with Gasteiger partial charge in [0, 0.05) is 41.4 Å². The van der Waals surface area contributed by atoms with E-state index >= 15 is 0 Å². The maximum Gasteiger partial charge on any atom is 0.250 e.